The maximum atomic E-state index is 11.0. The average Bonchev–Trinajstić information content (AvgIpc) is 2.03. The van der Waals surface area contributed by atoms with E-state index in [2.05, 4.69) is 11.8 Å². The largest absolute Gasteiger partial charge is 0.329 e. The minimum absolute atomic E-state index is 0.0973. The molecule has 0 aliphatic carbocycles. The molecule has 1 aliphatic heterocycles. The first-order valence-electron chi connectivity index (χ1n) is 3.51. The monoisotopic (exact) mass is 184 g/mol. The summed E-state index contributed by atoms with van der Waals surface area (Å²) < 4.78 is 15.8. The first-order valence-corrected chi connectivity index (χ1v) is 5.28. The second-order valence-electron chi connectivity index (χ2n) is 2.62. The summed E-state index contributed by atoms with van der Waals surface area (Å²) >= 11 is 0. The number of rotatable bonds is 0. The summed E-state index contributed by atoms with van der Waals surface area (Å²) in [6, 6.07) is 0. The van der Waals surface area contributed by atoms with E-state index < -0.39 is 13.7 Å². The van der Waals surface area contributed by atoms with Gasteiger partial charge in [0, 0.05) is 0 Å². The van der Waals surface area contributed by atoms with Crippen LogP contribution in [0.4, 0.5) is 0 Å². The van der Waals surface area contributed by atoms with Crippen LogP contribution >= 0.6 is 7.60 Å². The predicted octanol–water partition coefficient (Wildman–Crippen LogP) is 0.843. The summed E-state index contributed by atoms with van der Waals surface area (Å²) in [4.78, 5) is 9.06. The van der Waals surface area contributed by atoms with Crippen molar-refractivity contribution in [3.63, 3.8) is 0 Å². The SMILES string of the molecule is C#CC1CCP(=O)(O)OC1C#C. The molecule has 0 bridgehead atoms. The highest BCUT2D eigenvalue weighted by atomic mass is 31.2. The van der Waals surface area contributed by atoms with E-state index in [9.17, 15) is 4.57 Å². The first kappa shape index (κ1) is 9.36. The van der Waals surface area contributed by atoms with E-state index in [1.807, 2.05) is 0 Å². The second-order valence-corrected chi connectivity index (χ2v) is 4.55. The summed E-state index contributed by atoms with van der Waals surface area (Å²) in [7, 11) is -3.45. The molecule has 0 spiro atoms. The van der Waals surface area contributed by atoms with Crippen molar-refractivity contribution in [2.75, 3.05) is 6.16 Å². The molecule has 0 aromatic rings. The molecule has 1 rings (SSSR count). The van der Waals surface area contributed by atoms with Gasteiger partial charge < -0.3 is 4.89 Å². The van der Waals surface area contributed by atoms with E-state index in [1.54, 1.807) is 0 Å². The van der Waals surface area contributed by atoms with Crippen molar-refractivity contribution in [3.8, 4) is 24.7 Å². The van der Waals surface area contributed by atoms with Gasteiger partial charge in [-0.2, -0.15) is 0 Å². The molecule has 0 saturated carbocycles. The zero-order valence-corrected chi connectivity index (χ0v) is 7.33. The highest BCUT2D eigenvalue weighted by molar-refractivity contribution is 7.52. The Morgan fingerprint density at radius 3 is 2.67 bits per heavy atom. The van der Waals surface area contributed by atoms with E-state index in [0.717, 1.165) is 0 Å². The minimum atomic E-state index is -3.45. The van der Waals surface area contributed by atoms with E-state index in [0.29, 0.717) is 6.42 Å². The molecule has 1 fully saturated rings. The molecule has 1 N–H and O–H groups in total. The van der Waals surface area contributed by atoms with Crippen LogP contribution in [0.15, 0.2) is 0 Å². The number of terminal acetylenes is 2. The Bertz CT molecular complexity index is 296. The predicted molar refractivity (Wildman–Crippen MR) is 45.3 cm³/mol. The molecule has 4 heteroatoms. The molecular weight excluding hydrogens is 175 g/mol. The Balaban J connectivity index is 2.76. The van der Waals surface area contributed by atoms with Crippen molar-refractivity contribution in [2.24, 2.45) is 5.92 Å². The van der Waals surface area contributed by atoms with E-state index in [-0.39, 0.29) is 12.1 Å². The smallest absolute Gasteiger partial charge is 0.324 e. The summed E-state index contributed by atoms with van der Waals surface area (Å²) in [5.74, 6) is 4.47. The van der Waals surface area contributed by atoms with Gasteiger partial charge in [0.2, 0.25) is 0 Å². The Morgan fingerprint density at radius 1 is 1.50 bits per heavy atom. The molecule has 0 amide bonds. The summed E-state index contributed by atoms with van der Waals surface area (Å²) in [6.45, 7) is 0. The van der Waals surface area contributed by atoms with Gasteiger partial charge >= 0.3 is 7.60 Å². The molecule has 3 nitrogen and oxygen atoms in total. The molecule has 3 unspecified atom stereocenters. The zero-order valence-electron chi connectivity index (χ0n) is 6.43. The highest BCUT2D eigenvalue weighted by Gasteiger charge is 2.34. The first-order chi connectivity index (χ1) is 5.59. The fourth-order valence-corrected chi connectivity index (χ4v) is 2.35. The van der Waals surface area contributed by atoms with E-state index in [1.165, 1.54) is 0 Å². The van der Waals surface area contributed by atoms with E-state index in [4.69, 9.17) is 22.3 Å². The van der Waals surface area contributed by atoms with Crippen LogP contribution in [0.5, 0.6) is 0 Å². The fraction of sp³-hybridized carbons (Fsp3) is 0.500. The Kier molecular flexibility index (Phi) is 2.60. The van der Waals surface area contributed by atoms with Crippen LogP contribution in [0, 0.1) is 30.6 Å². The van der Waals surface area contributed by atoms with Crippen molar-refractivity contribution < 1.29 is 14.0 Å². The van der Waals surface area contributed by atoms with Gasteiger partial charge in [-0.15, -0.1) is 12.8 Å². The molecule has 1 aliphatic rings. The third-order valence-electron chi connectivity index (χ3n) is 1.74. The van der Waals surface area contributed by atoms with Crippen molar-refractivity contribution in [3.05, 3.63) is 0 Å². The lowest BCUT2D eigenvalue weighted by Crippen LogP contribution is -2.26. The van der Waals surface area contributed by atoms with Crippen LogP contribution in [0.2, 0.25) is 0 Å². The Hall–Kier alpha value is -0.730. The van der Waals surface area contributed by atoms with Crippen LogP contribution in [-0.2, 0) is 9.09 Å². The molecule has 0 radical (unpaired) electrons. The summed E-state index contributed by atoms with van der Waals surface area (Å²) in [6.07, 6.45) is 10.1. The number of hydrogen-bond acceptors (Lipinski definition) is 2. The van der Waals surface area contributed by atoms with Gasteiger partial charge in [0.1, 0.15) is 6.10 Å². The van der Waals surface area contributed by atoms with Gasteiger partial charge in [-0.1, -0.05) is 11.8 Å². The van der Waals surface area contributed by atoms with Crippen LogP contribution in [0.25, 0.3) is 0 Å². The molecule has 12 heavy (non-hydrogen) atoms. The molecule has 1 heterocycles. The van der Waals surface area contributed by atoms with Gasteiger partial charge in [0.25, 0.3) is 0 Å². The molecule has 0 aromatic heterocycles. The van der Waals surface area contributed by atoms with Gasteiger partial charge in [0.05, 0.1) is 12.1 Å². The lowest BCUT2D eigenvalue weighted by molar-refractivity contribution is 0.162. The molecule has 3 atom stereocenters. The van der Waals surface area contributed by atoms with Crippen molar-refractivity contribution in [2.45, 2.75) is 12.5 Å². The van der Waals surface area contributed by atoms with Crippen LogP contribution in [0.1, 0.15) is 6.42 Å². The molecule has 0 aromatic carbocycles. The second kappa shape index (κ2) is 3.33. The van der Waals surface area contributed by atoms with Crippen molar-refractivity contribution in [1.29, 1.82) is 0 Å². The maximum absolute atomic E-state index is 11.0. The highest BCUT2D eigenvalue weighted by Crippen LogP contribution is 2.49. The summed E-state index contributed by atoms with van der Waals surface area (Å²) in [5, 5.41) is 0. The van der Waals surface area contributed by atoms with Gasteiger partial charge in [-0.05, 0) is 6.42 Å². The normalized spacial score (nSPS) is 41.2. The Morgan fingerprint density at radius 2 is 2.17 bits per heavy atom. The minimum Gasteiger partial charge on any atom is -0.324 e. The van der Waals surface area contributed by atoms with Crippen LogP contribution in [-0.4, -0.2) is 17.2 Å². The topological polar surface area (TPSA) is 46.5 Å². The third-order valence-corrected chi connectivity index (χ3v) is 3.12. The maximum Gasteiger partial charge on any atom is 0.329 e. The standard InChI is InChI=1S/C8H9O3P/c1-3-7-5-6-12(9,10)11-8(7)4-2/h1-2,7-8H,5-6H2,(H,9,10). The fourth-order valence-electron chi connectivity index (χ4n) is 1.07. The molecule has 64 valence electrons. The Labute approximate surface area is 71.7 Å². The zero-order chi connectivity index (χ0) is 9.19. The van der Waals surface area contributed by atoms with Gasteiger partial charge in [-0.3, -0.25) is 9.09 Å². The quantitative estimate of drug-likeness (QED) is 0.448. The van der Waals surface area contributed by atoms with E-state index >= 15 is 0 Å². The van der Waals surface area contributed by atoms with Crippen LogP contribution in [0.3, 0.4) is 0 Å². The van der Waals surface area contributed by atoms with Crippen molar-refractivity contribution >= 4 is 7.60 Å². The molecular formula is C8H9O3P. The lowest BCUT2D eigenvalue weighted by Gasteiger charge is -2.27. The lowest BCUT2D eigenvalue weighted by atomic mass is 10.0. The average molecular weight is 184 g/mol. The molecule has 1 saturated heterocycles. The third kappa shape index (κ3) is 1.90. The van der Waals surface area contributed by atoms with Crippen molar-refractivity contribution in [1.82, 2.24) is 0 Å². The summed E-state index contributed by atoms with van der Waals surface area (Å²) in [5.41, 5.74) is 0. The number of hydrogen-bond donors (Lipinski definition) is 1. The van der Waals surface area contributed by atoms with Gasteiger partial charge in [0.15, 0.2) is 0 Å². The van der Waals surface area contributed by atoms with Gasteiger partial charge in [-0.25, -0.2) is 0 Å². The van der Waals surface area contributed by atoms with Crippen LogP contribution < -0.4 is 0 Å².